The van der Waals surface area contributed by atoms with Crippen molar-refractivity contribution in [3.8, 4) is 0 Å². The number of hydrogen-bond acceptors (Lipinski definition) is 3. The van der Waals surface area contributed by atoms with Crippen LogP contribution in [0.2, 0.25) is 0 Å². The second-order valence-electron chi connectivity index (χ2n) is 6.64. The van der Waals surface area contributed by atoms with E-state index in [1.54, 1.807) is 11.0 Å². The average molecular weight is 349 g/mol. The maximum atomic E-state index is 13.4. The van der Waals surface area contributed by atoms with Gasteiger partial charge in [0.25, 0.3) is 5.91 Å². The van der Waals surface area contributed by atoms with Crippen molar-refractivity contribution in [2.24, 2.45) is 11.1 Å². The van der Waals surface area contributed by atoms with E-state index in [4.69, 9.17) is 5.73 Å². The van der Waals surface area contributed by atoms with Gasteiger partial charge in [-0.3, -0.25) is 9.59 Å². The van der Waals surface area contributed by atoms with E-state index in [2.05, 4.69) is 0 Å². The van der Waals surface area contributed by atoms with Crippen molar-refractivity contribution in [1.82, 2.24) is 9.80 Å². The number of carbonyl (C=O) groups is 2. The highest BCUT2D eigenvalue weighted by molar-refractivity contribution is 5.94. The van der Waals surface area contributed by atoms with E-state index in [0.29, 0.717) is 57.5 Å². The van der Waals surface area contributed by atoms with Crippen molar-refractivity contribution in [3.05, 3.63) is 35.6 Å². The molecule has 1 aliphatic rings. The number of halogens is 1. The second-order valence-corrected chi connectivity index (χ2v) is 6.64. The molecule has 0 radical (unpaired) electrons. The van der Waals surface area contributed by atoms with Crippen LogP contribution in [0.15, 0.2) is 24.3 Å². The van der Waals surface area contributed by atoms with Crippen LogP contribution in [-0.4, -0.2) is 54.3 Å². The Bertz CT molecular complexity index is 608. The summed E-state index contributed by atoms with van der Waals surface area (Å²) in [5.74, 6) is -0.527. The zero-order chi connectivity index (χ0) is 18.4. The van der Waals surface area contributed by atoms with E-state index >= 15 is 0 Å². The Kier molecular flexibility index (Phi) is 6.53. The van der Waals surface area contributed by atoms with Gasteiger partial charge in [-0.15, -0.1) is 0 Å². The zero-order valence-electron chi connectivity index (χ0n) is 15.1. The minimum atomic E-state index is -0.512. The van der Waals surface area contributed by atoms with Gasteiger partial charge in [-0.2, -0.15) is 0 Å². The van der Waals surface area contributed by atoms with Gasteiger partial charge >= 0.3 is 0 Å². The summed E-state index contributed by atoms with van der Waals surface area (Å²) in [6.07, 6.45) is 2.13. The molecular weight excluding hydrogens is 321 g/mol. The van der Waals surface area contributed by atoms with Crippen molar-refractivity contribution in [2.45, 2.75) is 33.1 Å². The lowest BCUT2D eigenvalue weighted by atomic mass is 9.81. The van der Waals surface area contributed by atoms with E-state index in [1.165, 1.54) is 18.2 Å². The molecular formula is C19H28FN3O2. The number of carbonyl (C=O) groups excluding carboxylic acids is 2. The minimum absolute atomic E-state index is 0.0834. The van der Waals surface area contributed by atoms with Gasteiger partial charge in [-0.05, 0) is 37.5 Å². The predicted octanol–water partition coefficient (Wildman–Crippen LogP) is 2.27. The Morgan fingerprint density at radius 3 is 2.36 bits per heavy atom. The zero-order valence-corrected chi connectivity index (χ0v) is 15.1. The van der Waals surface area contributed by atoms with Crippen molar-refractivity contribution >= 4 is 11.8 Å². The molecule has 0 unspecified atom stereocenters. The molecule has 2 amide bonds. The Morgan fingerprint density at radius 1 is 1.12 bits per heavy atom. The quantitative estimate of drug-likeness (QED) is 0.887. The lowest BCUT2D eigenvalue weighted by molar-refractivity contribution is -0.142. The molecule has 1 aromatic rings. The van der Waals surface area contributed by atoms with Crippen LogP contribution < -0.4 is 5.73 Å². The van der Waals surface area contributed by atoms with Crippen LogP contribution in [-0.2, 0) is 4.79 Å². The largest absolute Gasteiger partial charge is 0.340 e. The topological polar surface area (TPSA) is 66.6 Å². The first-order valence-electron chi connectivity index (χ1n) is 9.01. The standard InChI is InChI=1S/C19H28FN3O2/c1-3-19(4-2,14-21)18(25)23-10-6-9-22(11-12-23)17(24)15-7-5-8-16(20)13-15/h5,7-8,13H,3-4,6,9-12,14,21H2,1-2H3. The normalized spacial score (nSPS) is 15.8. The summed E-state index contributed by atoms with van der Waals surface area (Å²) < 4.78 is 13.4. The number of hydrogen-bond donors (Lipinski definition) is 1. The van der Waals surface area contributed by atoms with Gasteiger partial charge < -0.3 is 15.5 Å². The van der Waals surface area contributed by atoms with Crippen LogP contribution >= 0.6 is 0 Å². The maximum absolute atomic E-state index is 13.4. The fourth-order valence-electron chi connectivity index (χ4n) is 3.39. The highest BCUT2D eigenvalue weighted by Crippen LogP contribution is 2.28. The molecule has 1 fully saturated rings. The smallest absolute Gasteiger partial charge is 0.254 e. The summed E-state index contributed by atoms with van der Waals surface area (Å²) in [5, 5.41) is 0. The third kappa shape index (κ3) is 4.18. The van der Waals surface area contributed by atoms with Gasteiger partial charge in [0.15, 0.2) is 0 Å². The van der Waals surface area contributed by atoms with Crippen molar-refractivity contribution in [1.29, 1.82) is 0 Å². The molecule has 1 saturated heterocycles. The molecule has 0 aliphatic carbocycles. The van der Waals surface area contributed by atoms with Crippen LogP contribution in [0.4, 0.5) is 4.39 Å². The highest BCUT2D eigenvalue weighted by atomic mass is 19.1. The van der Waals surface area contributed by atoms with Crippen LogP contribution in [0.1, 0.15) is 43.5 Å². The second kappa shape index (κ2) is 8.43. The fraction of sp³-hybridized carbons (Fsp3) is 0.579. The van der Waals surface area contributed by atoms with Crippen LogP contribution in [0.3, 0.4) is 0 Å². The first-order valence-corrected chi connectivity index (χ1v) is 9.01. The van der Waals surface area contributed by atoms with E-state index in [0.717, 1.165) is 0 Å². The summed E-state index contributed by atoms with van der Waals surface area (Å²) in [6, 6.07) is 5.73. The molecule has 1 heterocycles. The molecule has 0 spiro atoms. The molecule has 0 bridgehead atoms. The number of rotatable bonds is 5. The number of nitrogens with two attached hydrogens (primary N) is 1. The number of benzene rings is 1. The first kappa shape index (κ1) is 19.4. The Labute approximate surface area is 149 Å². The fourth-order valence-corrected chi connectivity index (χ4v) is 3.39. The van der Waals surface area contributed by atoms with Crippen LogP contribution in [0, 0.1) is 11.2 Å². The van der Waals surface area contributed by atoms with Gasteiger partial charge in [-0.1, -0.05) is 19.9 Å². The maximum Gasteiger partial charge on any atom is 0.254 e. The van der Waals surface area contributed by atoms with Crippen LogP contribution in [0.25, 0.3) is 0 Å². The molecule has 1 aromatic carbocycles. The Hall–Kier alpha value is -1.95. The van der Waals surface area contributed by atoms with Crippen molar-refractivity contribution in [3.63, 3.8) is 0 Å². The summed E-state index contributed by atoms with van der Waals surface area (Å²) in [4.78, 5) is 29.1. The molecule has 0 atom stereocenters. The monoisotopic (exact) mass is 349 g/mol. The van der Waals surface area contributed by atoms with Gasteiger partial charge in [0.2, 0.25) is 5.91 Å². The van der Waals surface area contributed by atoms with Gasteiger partial charge in [-0.25, -0.2) is 4.39 Å². The highest BCUT2D eigenvalue weighted by Gasteiger charge is 2.37. The van der Waals surface area contributed by atoms with Crippen molar-refractivity contribution < 1.29 is 14.0 Å². The molecule has 6 heteroatoms. The molecule has 2 rings (SSSR count). The Morgan fingerprint density at radius 2 is 1.76 bits per heavy atom. The van der Waals surface area contributed by atoms with Gasteiger partial charge in [0.05, 0.1) is 5.41 Å². The summed E-state index contributed by atoms with van der Waals surface area (Å²) in [7, 11) is 0. The molecule has 25 heavy (non-hydrogen) atoms. The molecule has 138 valence electrons. The molecule has 0 saturated carbocycles. The summed E-state index contributed by atoms with van der Waals surface area (Å²) in [5.41, 5.74) is 5.73. The molecule has 5 nitrogen and oxygen atoms in total. The average Bonchev–Trinajstić information content (AvgIpc) is 2.89. The molecule has 1 aliphatic heterocycles. The third-order valence-electron chi connectivity index (χ3n) is 5.34. The molecule has 0 aromatic heterocycles. The Balaban J connectivity index is 2.07. The lowest BCUT2D eigenvalue weighted by Gasteiger charge is -2.34. The lowest BCUT2D eigenvalue weighted by Crippen LogP contribution is -2.48. The first-order chi connectivity index (χ1) is 12.0. The van der Waals surface area contributed by atoms with Gasteiger partial charge in [0.1, 0.15) is 5.82 Å². The number of nitrogens with zero attached hydrogens (tertiary/aromatic N) is 2. The molecule has 2 N–H and O–H groups in total. The summed E-state index contributed by atoms with van der Waals surface area (Å²) in [6.45, 7) is 6.44. The summed E-state index contributed by atoms with van der Waals surface area (Å²) >= 11 is 0. The third-order valence-corrected chi connectivity index (χ3v) is 5.34. The minimum Gasteiger partial charge on any atom is -0.340 e. The predicted molar refractivity (Wildman–Crippen MR) is 95.6 cm³/mol. The van der Waals surface area contributed by atoms with E-state index in [9.17, 15) is 14.0 Å². The van der Waals surface area contributed by atoms with E-state index < -0.39 is 11.2 Å². The van der Waals surface area contributed by atoms with Gasteiger partial charge in [0, 0.05) is 38.3 Å². The van der Waals surface area contributed by atoms with E-state index in [1.807, 2.05) is 18.7 Å². The SMILES string of the molecule is CCC(CC)(CN)C(=O)N1CCCN(C(=O)c2cccc(F)c2)CC1. The van der Waals surface area contributed by atoms with Crippen LogP contribution in [0.5, 0.6) is 0 Å². The van der Waals surface area contributed by atoms with Crippen molar-refractivity contribution in [2.75, 3.05) is 32.7 Å². The number of amides is 2. The van der Waals surface area contributed by atoms with E-state index in [-0.39, 0.29) is 11.8 Å².